The van der Waals surface area contributed by atoms with Crippen molar-refractivity contribution in [3.8, 4) is 17.1 Å². The van der Waals surface area contributed by atoms with E-state index in [2.05, 4.69) is 262 Å². The molecule has 13 rings (SSSR count). The Morgan fingerprint density at radius 1 is 0.234 bits per heavy atom. The first-order valence-corrected chi connectivity index (χ1v) is 24.1. The van der Waals surface area contributed by atoms with Gasteiger partial charge in [-0.05, 0) is 81.4 Å². The molecule has 3 nitrogen and oxygen atoms in total. The molecule has 0 radical (unpaired) electrons. The van der Waals surface area contributed by atoms with Crippen molar-refractivity contribution in [3.05, 3.63) is 249 Å². The second-order valence-electron chi connectivity index (χ2n) is 16.8. The molecule has 64 heavy (non-hydrogen) atoms. The molecule has 0 fully saturated rings. The summed E-state index contributed by atoms with van der Waals surface area (Å²) in [6.07, 6.45) is 0. The summed E-state index contributed by atoms with van der Waals surface area (Å²) in [5.74, 6) is 0. The second kappa shape index (κ2) is 14.5. The van der Waals surface area contributed by atoms with Gasteiger partial charge in [0.2, 0.25) is 0 Å². The SMILES string of the molecule is c1ccc([Si](c2ccccc2)(c2ccccc2)c2cccc(-n3c4ccccc4c4cccc(-n5c6ccccc6c6cc(-n7c8ccccc8c8ccccc87)ccc65)c43)c2)cc1. The van der Waals surface area contributed by atoms with Gasteiger partial charge in [0.05, 0.1) is 38.8 Å². The van der Waals surface area contributed by atoms with Crippen LogP contribution in [0.2, 0.25) is 0 Å². The smallest absolute Gasteiger partial charge is 0.179 e. The molecule has 0 N–H and O–H groups in total. The van der Waals surface area contributed by atoms with E-state index in [0.717, 1.165) is 17.1 Å². The van der Waals surface area contributed by atoms with Crippen molar-refractivity contribution < 1.29 is 0 Å². The number of benzene rings is 10. The topological polar surface area (TPSA) is 14.8 Å². The third kappa shape index (κ3) is 5.27. The maximum absolute atomic E-state index is 2.80. The van der Waals surface area contributed by atoms with Crippen LogP contribution in [0.3, 0.4) is 0 Å². The molecule has 3 heterocycles. The molecule has 10 aromatic carbocycles. The third-order valence-corrected chi connectivity index (χ3v) is 18.3. The molecule has 0 spiro atoms. The molecule has 0 atom stereocenters. The predicted molar refractivity (Wildman–Crippen MR) is 273 cm³/mol. The Kier molecular flexibility index (Phi) is 8.23. The van der Waals surface area contributed by atoms with Crippen LogP contribution >= 0.6 is 0 Å². The Bertz CT molecular complexity index is 3750. The standard InChI is InChI=1S/C60H41N3Si/c1-4-21-44(22-5-1)64(45-23-6-2-7-24-45,46-25-8-3-9-26-46)47-27-18-20-42(40-47)62-56-35-16-12-30-50(56)52-32-19-37-59(60(52)62)63-57-36-17-13-31-51(57)53-41-43(38-39-58(53)63)61-54-33-14-10-28-48(54)49-29-11-15-34-55(49)61/h1-41H. The lowest BCUT2D eigenvalue weighted by Gasteiger charge is -2.34. The summed E-state index contributed by atoms with van der Waals surface area (Å²) < 4.78 is 7.45. The lowest BCUT2D eigenvalue weighted by atomic mass is 10.1. The summed E-state index contributed by atoms with van der Waals surface area (Å²) in [5, 5.41) is 12.9. The summed E-state index contributed by atoms with van der Waals surface area (Å²) in [6.45, 7) is 0. The van der Waals surface area contributed by atoms with Crippen molar-refractivity contribution in [2.24, 2.45) is 0 Å². The zero-order chi connectivity index (χ0) is 42.2. The monoisotopic (exact) mass is 831 g/mol. The molecule has 0 saturated heterocycles. The summed E-state index contributed by atoms with van der Waals surface area (Å²) in [5.41, 5.74) is 10.6. The van der Waals surface area contributed by atoms with E-state index in [9.17, 15) is 0 Å². The van der Waals surface area contributed by atoms with Crippen LogP contribution in [0.4, 0.5) is 0 Å². The van der Waals surface area contributed by atoms with Gasteiger partial charge >= 0.3 is 0 Å². The number of hydrogen-bond acceptors (Lipinski definition) is 0. The minimum atomic E-state index is -2.80. The Balaban J connectivity index is 1.09. The van der Waals surface area contributed by atoms with E-state index in [1.165, 1.54) is 86.2 Å². The minimum absolute atomic E-state index is 1.14. The van der Waals surface area contributed by atoms with Crippen LogP contribution in [0.25, 0.3) is 82.5 Å². The lowest BCUT2D eigenvalue weighted by molar-refractivity contribution is 1.13. The van der Waals surface area contributed by atoms with E-state index in [-0.39, 0.29) is 0 Å². The molecule has 4 heteroatoms. The van der Waals surface area contributed by atoms with Gasteiger partial charge in [-0.15, -0.1) is 0 Å². The third-order valence-electron chi connectivity index (χ3n) is 13.6. The molecule has 0 aliphatic heterocycles. The highest BCUT2D eigenvalue weighted by molar-refractivity contribution is 7.19. The van der Waals surface area contributed by atoms with Crippen LogP contribution in [-0.4, -0.2) is 21.8 Å². The minimum Gasteiger partial charge on any atom is -0.309 e. The van der Waals surface area contributed by atoms with E-state index in [1.54, 1.807) is 0 Å². The molecule has 0 bridgehead atoms. The highest BCUT2D eigenvalue weighted by Gasteiger charge is 2.41. The predicted octanol–water partition coefficient (Wildman–Crippen LogP) is 12.4. The molecule has 0 unspecified atom stereocenters. The Hall–Kier alpha value is -8.18. The Labute approximate surface area is 372 Å². The number of rotatable bonds is 7. The van der Waals surface area contributed by atoms with Crippen molar-refractivity contribution in [2.45, 2.75) is 0 Å². The number of fused-ring (bicyclic) bond motifs is 9. The number of aromatic nitrogens is 3. The molecular weight excluding hydrogens is 791 g/mol. The molecule has 3 aromatic heterocycles. The molecule has 0 amide bonds. The average Bonchev–Trinajstić information content (AvgIpc) is 4.01. The molecule has 0 aliphatic rings. The van der Waals surface area contributed by atoms with Crippen LogP contribution in [-0.2, 0) is 0 Å². The van der Waals surface area contributed by atoms with Gasteiger partial charge in [-0.25, -0.2) is 0 Å². The van der Waals surface area contributed by atoms with Crippen molar-refractivity contribution in [3.63, 3.8) is 0 Å². The molecular formula is C60H41N3Si. The van der Waals surface area contributed by atoms with Gasteiger partial charge in [0.15, 0.2) is 8.07 Å². The van der Waals surface area contributed by atoms with Crippen molar-refractivity contribution in [1.29, 1.82) is 0 Å². The van der Waals surface area contributed by atoms with E-state index in [0.29, 0.717) is 0 Å². The first kappa shape index (κ1) is 36.5. The molecule has 13 aromatic rings. The maximum atomic E-state index is 2.52. The highest BCUT2D eigenvalue weighted by atomic mass is 28.3. The Morgan fingerprint density at radius 2 is 0.625 bits per heavy atom. The summed E-state index contributed by atoms with van der Waals surface area (Å²) in [7, 11) is -2.80. The summed E-state index contributed by atoms with van der Waals surface area (Å²) in [6, 6.07) is 92.3. The van der Waals surface area contributed by atoms with Gasteiger partial charge in [-0.2, -0.15) is 0 Å². The Morgan fingerprint density at radius 3 is 1.19 bits per heavy atom. The fraction of sp³-hybridized carbons (Fsp3) is 0. The van der Waals surface area contributed by atoms with Gasteiger partial charge in [0, 0.05) is 43.7 Å². The first-order chi connectivity index (χ1) is 31.8. The number of nitrogens with zero attached hydrogens (tertiary/aromatic N) is 3. The van der Waals surface area contributed by atoms with Gasteiger partial charge in [-0.3, -0.25) is 0 Å². The average molecular weight is 832 g/mol. The zero-order valence-corrected chi connectivity index (χ0v) is 36.0. The molecule has 0 saturated carbocycles. The van der Waals surface area contributed by atoms with Gasteiger partial charge in [0.25, 0.3) is 0 Å². The summed E-state index contributed by atoms with van der Waals surface area (Å²) >= 11 is 0. The van der Waals surface area contributed by atoms with Crippen molar-refractivity contribution in [2.75, 3.05) is 0 Å². The zero-order valence-electron chi connectivity index (χ0n) is 35.0. The largest absolute Gasteiger partial charge is 0.309 e. The fourth-order valence-corrected chi connectivity index (χ4v) is 15.7. The van der Waals surface area contributed by atoms with E-state index >= 15 is 0 Å². The fourth-order valence-electron chi connectivity index (χ4n) is 11.0. The van der Waals surface area contributed by atoms with Gasteiger partial charge in [-0.1, -0.05) is 188 Å². The first-order valence-electron chi connectivity index (χ1n) is 22.1. The normalized spacial score (nSPS) is 12.1. The van der Waals surface area contributed by atoms with Crippen LogP contribution in [0.1, 0.15) is 0 Å². The van der Waals surface area contributed by atoms with Crippen LogP contribution in [0, 0.1) is 0 Å². The number of para-hydroxylation sites is 5. The quantitative estimate of drug-likeness (QED) is 0.112. The van der Waals surface area contributed by atoms with E-state index in [1.807, 2.05) is 0 Å². The summed E-state index contributed by atoms with van der Waals surface area (Å²) in [4.78, 5) is 0. The van der Waals surface area contributed by atoms with Crippen LogP contribution in [0.15, 0.2) is 249 Å². The molecule has 300 valence electrons. The van der Waals surface area contributed by atoms with Crippen molar-refractivity contribution in [1.82, 2.24) is 13.7 Å². The van der Waals surface area contributed by atoms with Crippen molar-refractivity contribution >= 4 is 94.2 Å². The molecule has 0 aliphatic carbocycles. The maximum Gasteiger partial charge on any atom is 0.179 e. The second-order valence-corrected chi connectivity index (χ2v) is 20.7. The lowest BCUT2D eigenvalue weighted by Crippen LogP contribution is -2.74. The van der Waals surface area contributed by atoms with Crippen LogP contribution in [0.5, 0.6) is 0 Å². The highest BCUT2D eigenvalue weighted by Crippen LogP contribution is 2.41. The van der Waals surface area contributed by atoms with Crippen LogP contribution < -0.4 is 20.7 Å². The van der Waals surface area contributed by atoms with E-state index in [4.69, 9.17) is 0 Å². The van der Waals surface area contributed by atoms with Gasteiger partial charge in [0.1, 0.15) is 0 Å². The van der Waals surface area contributed by atoms with Gasteiger partial charge < -0.3 is 13.7 Å². The van der Waals surface area contributed by atoms with E-state index < -0.39 is 8.07 Å². The number of hydrogen-bond donors (Lipinski definition) is 0.